The average molecular weight is 134 g/mol. The molecular weight excluding hydrogens is 124 g/mol. The lowest BCUT2D eigenvalue weighted by Crippen LogP contribution is -2.10. The van der Waals surface area contributed by atoms with E-state index in [1.807, 2.05) is 6.92 Å². The molecule has 0 spiro atoms. The third-order valence-electron chi connectivity index (χ3n) is 0.859. The van der Waals surface area contributed by atoms with Gasteiger partial charge in [-0.3, -0.25) is 4.89 Å². The summed E-state index contributed by atoms with van der Waals surface area (Å²) in [6.45, 7) is 3.60. The lowest BCUT2D eigenvalue weighted by molar-refractivity contribution is -0.279. The first-order chi connectivity index (χ1) is 4.16. The minimum absolute atomic E-state index is 0.166. The molecule has 0 aromatic carbocycles. The first-order valence-electron chi connectivity index (χ1n) is 2.73. The molecule has 1 N–H and O–H groups in total. The molecule has 0 amide bonds. The molecule has 1 unspecified atom stereocenters. The van der Waals surface area contributed by atoms with Crippen molar-refractivity contribution in [2.45, 2.75) is 26.4 Å². The van der Waals surface area contributed by atoms with Gasteiger partial charge < -0.3 is 5.11 Å². The highest BCUT2D eigenvalue weighted by Crippen LogP contribution is 1.95. The summed E-state index contributed by atoms with van der Waals surface area (Å²) in [6, 6.07) is 0. The van der Waals surface area contributed by atoms with Crippen LogP contribution in [0.3, 0.4) is 0 Å². The summed E-state index contributed by atoms with van der Waals surface area (Å²) < 4.78 is 0. The summed E-state index contributed by atoms with van der Waals surface area (Å²) in [4.78, 5) is 17.8. The zero-order valence-corrected chi connectivity index (χ0v) is 5.46. The monoisotopic (exact) mass is 134 g/mol. The van der Waals surface area contributed by atoms with E-state index in [9.17, 15) is 4.79 Å². The van der Waals surface area contributed by atoms with Gasteiger partial charge in [-0.1, -0.05) is 6.92 Å². The van der Waals surface area contributed by atoms with E-state index in [2.05, 4.69) is 9.78 Å². The Morgan fingerprint density at radius 3 is 2.67 bits per heavy atom. The van der Waals surface area contributed by atoms with E-state index < -0.39 is 6.16 Å². The van der Waals surface area contributed by atoms with Crippen molar-refractivity contribution >= 4 is 6.16 Å². The van der Waals surface area contributed by atoms with Crippen LogP contribution >= 0.6 is 0 Å². The second kappa shape index (κ2) is 4.14. The molecule has 0 aliphatic rings. The third-order valence-corrected chi connectivity index (χ3v) is 0.859. The molecule has 0 aliphatic heterocycles. The zero-order chi connectivity index (χ0) is 7.28. The van der Waals surface area contributed by atoms with Crippen LogP contribution in [0.25, 0.3) is 0 Å². The van der Waals surface area contributed by atoms with Crippen molar-refractivity contribution in [3.8, 4) is 0 Å². The quantitative estimate of drug-likeness (QED) is 0.468. The lowest BCUT2D eigenvalue weighted by atomic mass is 10.3. The minimum Gasteiger partial charge on any atom is -0.448 e. The van der Waals surface area contributed by atoms with Gasteiger partial charge >= 0.3 is 6.16 Å². The van der Waals surface area contributed by atoms with Crippen LogP contribution < -0.4 is 0 Å². The number of hydrogen-bond donors (Lipinski definition) is 1. The highest BCUT2D eigenvalue weighted by atomic mass is 17.2. The van der Waals surface area contributed by atoms with Gasteiger partial charge in [-0.2, -0.15) is 4.89 Å². The first kappa shape index (κ1) is 8.23. The van der Waals surface area contributed by atoms with E-state index in [0.29, 0.717) is 0 Å². The number of hydrogen-bond acceptors (Lipinski definition) is 3. The van der Waals surface area contributed by atoms with E-state index in [0.717, 1.165) is 6.42 Å². The molecule has 54 valence electrons. The fraction of sp³-hybridized carbons (Fsp3) is 0.800. The largest absolute Gasteiger partial charge is 0.537 e. The van der Waals surface area contributed by atoms with Crippen LogP contribution in [0.2, 0.25) is 0 Å². The van der Waals surface area contributed by atoms with Gasteiger partial charge in [-0.25, -0.2) is 4.79 Å². The maximum Gasteiger partial charge on any atom is 0.537 e. The van der Waals surface area contributed by atoms with Gasteiger partial charge in [0.05, 0.1) is 0 Å². The topological polar surface area (TPSA) is 55.8 Å². The molecule has 0 aliphatic carbocycles. The van der Waals surface area contributed by atoms with Crippen molar-refractivity contribution in [2.75, 3.05) is 0 Å². The van der Waals surface area contributed by atoms with Crippen LogP contribution in [-0.2, 0) is 9.78 Å². The highest BCUT2D eigenvalue weighted by Gasteiger charge is 2.02. The zero-order valence-electron chi connectivity index (χ0n) is 5.46. The van der Waals surface area contributed by atoms with E-state index in [1.54, 1.807) is 6.92 Å². The third kappa shape index (κ3) is 5.10. The van der Waals surface area contributed by atoms with Crippen LogP contribution in [0, 0.1) is 0 Å². The van der Waals surface area contributed by atoms with E-state index in [-0.39, 0.29) is 6.10 Å². The summed E-state index contributed by atoms with van der Waals surface area (Å²) in [6.07, 6.45) is -0.843. The Morgan fingerprint density at radius 1 is 1.78 bits per heavy atom. The van der Waals surface area contributed by atoms with Gasteiger partial charge in [0.2, 0.25) is 0 Å². The number of carboxylic acid groups (broad SMARTS) is 1. The van der Waals surface area contributed by atoms with E-state index in [1.165, 1.54) is 0 Å². The minimum atomic E-state index is -1.41. The van der Waals surface area contributed by atoms with Gasteiger partial charge in [-0.05, 0) is 13.3 Å². The second-order valence-electron chi connectivity index (χ2n) is 1.66. The molecule has 0 heterocycles. The number of carbonyl (C=O) groups is 1. The maximum atomic E-state index is 9.67. The fourth-order valence-corrected chi connectivity index (χ4v) is 0.191. The predicted molar refractivity (Wildman–Crippen MR) is 29.9 cm³/mol. The Kier molecular flexibility index (Phi) is 3.79. The van der Waals surface area contributed by atoms with Gasteiger partial charge in [0, 0.05) is 0 Å². The normalized spacial score (nSPS) is 12.7. The van der Waals surface area contributed by atoms with Gasteiger partial charge in [0.1, 0.15) is 6.10 Å². The maximum absolute atomic E-state index is 9.67. The van der Waals surface area contributed by atoms with Crippen molar-refractivity contribution in [2.24, 2.45) is 0 Å². The van der Waals surface area contributed by atoms with Crippen LogP contribution in [-0.4, -0.2) is 17.4 Å². The molecular formula is C5H10O4. The van der Waals surface area contributed by atoms with Gasteiger partial charge in [-0.15, -0.1) is 0 Å². The molecule has 1 atom stereocenters. The Hall–Kier alpha value is -0.770. The van der Waals surface area contributed by atoms with Gasteiger partial charge in [0.25, 0.3) is 0 Å². The van der Waals surface area contributed by atoms with Crippen molar-refractivity contribution < 1.29 is 19.7 Å². The summed E-state index contributed by atoms with van der Waals surface area (Å²) >= 11 is 0. The Labute approximate surface area is 53.3 Å². The second-order valence-corrected chi connectivity index (χ2v) is 1.66. The summed E-state index contributed by atoms with van der Waals surface area (Å²) in [5, 5.41) is 7.91. The molecule has 0 radical (unpaired) electrons. The van der Waals surface area contributed by atoms with Crippen molar-refractivity contribution in [1.29, 1.82) is 0 Å². The Morgan fingerprint density at radius 2 is 2.33 bits per heavy atom. The molecule has 0 saturated carbocycles. The average Bonchev–Trinajstić information content (AvgIpc) is 1.83. The Balaban J connectivity index is 3.16. The molecule has 0 aromatic rings. The SMILES string of the molecule is CCC(C)OOC(=O)O. The standard InChI is InChI=1S/C5H10O4/c1-3-4(2)8-9-5(6)7/h4H,3H2,1-2H3,(H,6,7). The summed E-state index contributed by atoms with van der Waals surface area (Å²) in [5.41, 5.74) is 0. The smallest absolute Gasteiger partial charge is 0.448 e. The van der Waals surface area contributed by atoms with E-state index in [4.69, 9.17) is 5.11 Å². The molecule has 9 heavy (non-hydrogen) atoms. The van der Waals surface area contributed by atoms with Crippen molar-refractivity contribution in [1.82, 2.24) is 0 Å². The molecule has 0 rings (SSSR count). The van der Waals surface area contributed by atoms with Crippen LogP contribution in [0.4, 0.5) is 4.79 Å². The lowest BCUT2D eigenvalue weighted by Gasteiger charge is -2.04. The highest BCUT2D eigenvalue weighted by molar-refractivity contribution is 5.55. The first-order valence-corrected chi connectivity index (χ1v) is 2.73. The van der Waals surface area contributed by atoms with E-state index >= 15 is 0 Å². The molecule has 0 fully saturated rings. The Bertz CT molecular complexity index is 91.0. The van der Waals surface area contributed by atoms with Crippen molar-refractivity contribution in [3.05, 3.63) is 0 Å². The summed E-state index contributed by atoms with van der Waals surface area (Å²) in [7, 11) is 0. The van der Waals surface area contributed by atoms with Gasteiger partial charge in [0.15, 0.2) is 0 Å². The molecule has 0 saturated heterocycles. The van der Waals surface area contributed by atoms with Crippen LogP contribution in [0.1, 0.15) is 20.3 Å². The molecule has 4 heteroatoms. The fourth-order valence-electron chi connectivity index (χ4n) is 0.191. The predicted octanol–water partition coefficient (Wildman–Crippen LogP) is 1.41. The molecule has 4 nitrogen and oxygen atoms in total. The van der Waals surface area contributed by atoms with Crippen LogP contribution in [0.15, 0.2) is 0 Å². The van der Waals surface area contributed by atoms with Crippen LogP contribution in [0.5, 0.6) is 0 Å². The molecule has 0 aromatic heterocycles. The summed E-state index contributed by atoms with van der Waals surface area (Å²) in [5.74, 6) is 0. The van der Waals surface area contributed by atoms with Crippen molar-refractivity contribution in [3.63, 3.8) is 0 Å². The number of rotatable bonds is 3. The molecule has 0 bridgehead atoms.